The van der Waals surface area contributed by atoms with Crippen molar-refractivity contribution in [3.8, 4) is 0 Å². The van der Waals surface area contributed by atoms with E-state index in [2.05, 4.69) is 28.4 Å². The van der Waals surface area contributed by atoms with Crippen LogP contribution in [-0.4, -0.2) is 31.7 Å². The van der Waals surface area contributed by atoms with Crippen LogP contribution >= 0.6 is 0 Å². The molecule has 1 aliphatic rings. The van der Waals surface area contributed by atoms with E-state index in [1.54, 1.807) is 0 Å². The lowest BCUT2D eigenvalue weighted by molar-refractivity contribution is 0.0931. The van der Waals surface area contributed by atoms with E-state index in [1.165, 1.54) is 18.2 Å². The van der Waals surface area contributed by atoms with Gasteiger partial charge in [0.25, 0.3) is 5.91 Å². The number of benzene rings is 1. The number of hydrogen-bond acceptors (Lipinski definition) is 2. The summed E-state index contributed by atoms with van der Waals surface area (Å²) in [6.07, 6.45) is 2.02. The number of H-pyrrole nitrogens is 1. The highest BCUT2D eigenvalue weighted by Gasteiger charge is 2.26. The molecule has 1 amide bonds. The molecule has 1 aromatic heterocycles. The van der Waals surface area contributed by atoms with Crippen LogP contribution in [0, 0.1) is 11.6 Å². The van der Waals surface area contributed by atoms with Crippen LogP contribution in [0.4, 0.5) is 8.78 Å². The summed E-state index contributed by atoms with van der Waals surface area (Å²) in [6, 6.07) is 4.69. The van der Waals surface area contributed by atoms with Crippen molar-refractivity contribution in [2.75, 3.05) is 6.54 Å². The van der Waals surface area contributed by atoms with E-state index in [1.807, 2.05) is 0 Å². The van der Waals surface area contributed by atoms with Gasteiger partial charge in [0.2, 0.25) is 0 Å². The first-order chi connectivity index (χ1) is 10.8. The highest BCUT2D eigenvalue weighted by molar-refractivity contribution is 6.75. The van der Waals surface area contributed by atoms with Crippen LogP contribution in [-0.2, 0) is 0 Å². The van der Waals surface area contributed by atoms with Crippen molar-refractivity contribution in [1.29, 1.82) is 0 Å². The maximum Gasteiger partial charge on any atom is 0.267 e. The van der Waals surface area contributed by atoms with E-state index >= 15 is 0 Å². The lowest BCUT2D eigenvalue weighted by Gasteiger charge is -2.22. The molecule has 4 nitrogen and oxygen atoms in total. The molecule has 1 unspecified atom stereocenters. The number of aromatic nitrogens is 1. The van der Waals surface area contributed by atoms with E-state index in [0.717, 1.165) is 25.5 Å². The molecule has 2 heterocycles. The zero-order valence-corrected chi connectivity index (χ0v) is 14.3. The fraction of sp³-hybridized carbons (Fsp3) is 0.438. The molecule has 2 aromatic rings. The second kappa shape index (κ2) is 6.05. The average molecular weight is 337 g/mol. The van der Waals surface area contributed by atoms with Gasteiger partial charge in [-0.3, -0.25) is 4.79 Å². The van der Waals surface area contributed by atoms with Crippen molar-refractivity contribution in [3.05, 3.63) is 35.5 Å². The van der Waals surface area contributed by atoms with E-state index in [9.17, 15) is 13.6 Å². The maximum atomic E-state index is 13.7. The number of hydrogen-bond donors (Lipinski definition) is 3. The van der Waals surface area contributed by atoms with Gasteiger partial charge < -0.3 is 15.3 Å². The summed E-state index contributed by atoms with van der Waals surface area (Å²) in [7, 11) is -1.35. The minimum atomic E-state index is -1.35. The van der Waals surface area contributed by atoms with Gasteiger partial charge in [-0.25, -0.2) is 8.78 Å². The quantitative estimate of drug-likeness (QED) is 0.738. The third-order valence-electron chi connectivity index (χ3n) is 4.41. The number of carbonyl (C=O) groups excluding carboxylic acids is 1. The molecular formula is C16H21F2N3OSi. The Bertz CT molecular complexity index is 744. The molecule has 1 fully saturated rings. The molecule has 0 bridgehead atoms. The molecule has 1 atom stereocenters. The summed E-state index contributed by atoms with van der Waals surface area (Å²) in [4.78, 5) is 18.7. The number of fused-ring (bicyclic) bond motifs is 1. The van der Waals surface area contributed by atoms with Gasteiger partial charge in [-0.2, -0.15) is 0 Å². The molecule has 1 aliphatic heterocycles. The van der Waals surface area contributed by atoms with E-state index < -0.39 is 19.9 Å². The fourth-order valence-corrected chi connectivity index (χ4v) is 5.11. The van der Waals surface area contributed by atoms with Crippen molar-refractivity contribution >= 4 is 25.0 Å². The minimum absolute atomic E-state index is 0.0600. The minimum Gasteiger partial charge on any atom is -0.350 e. The van der Waals surface area contributed by atoms with E-state index in [0.29, 0.717) is 5.52 Å². The number of carbonyl (C=O) groups is 1. The molecule has 3 rings (SSSR count). The zero-order valence-electron chi connectivity index (χ0n) is 13.3. The lowest BCUT2D eigenvalue weighted by atomic mass is 10.1. The molecule has 0 saturated carbocycles. The van der Waals surface area contributed by atoms with Gasteiger partial charge in [0.1, 0.15) is 25.6 Å². The molecule has 124 valence electrons. The molecule has 3 N–H and O–H groups in total. The molecule has 7 heteroatoms. The van der Waals surface area contributed by atoms with Crippen LogP contribution in [0.1, 0.15) is 23.3 Å². The van der Waals surface area contributed by atoms with Gasteiger partial charge in [-0.15, -0.1) is 0 Å². The Hall–Kier alpha value is -1.73. The van der Waals surface area contributed by atoms with Gasteiger partial charge in [0, 0.05) is 24.0 Å². The van der Waals surface area contributed by atoms with Gasteiger partial charge in [0.15, 0.2) is 0 Å². The van der Waals surface area contributed by atoms with Gasteiger partial charge in [0.05, 0.1) is 5.52 Å². The summed E-state index contributed by atoms with van der Waals surface area (Å²) in [5.41, 5.74) is 0.547. The van der Waals surface area contributed by atoms with Crippen LogP contribution < -0.4 is 10.3 Å². The maximum absolute atomic E-state index is 13.7. The molecular weight excluding hydrogens is 316 g/mol. The summed E-state index contributed by atoms with van der Waals surface area (Å²) in [5, 5.41) is 3.21. The third kappa shape index (κ3) is 3.61. The van der Waals surface area contributed by atoms with E-state index in [-0.39, 0.29) is 23.0 Å². The summed E-state index contributed by atoms with van der Waals surface area (Å²) >= 11 is 0. The summed E-state index contributed by atoms with van der Waals surface area (Å²) in [6.45, 7) is 5.33. The van der Waals surface area contributed by atoms with Crippen molar-refractivity contribution in [3.63, 3.8) is 0 Å². The topological polar surface area (TPSA) is 56.9 Å². The Morgan fingerprint density at radius 2 is 2.09 bits per heavy atom. The first-order valence-corrected chi connectivity index (χ1v) is 11.1. The van der Waals surface area contributed by atoms with Crippen molar-refractivity contribution in [1.82, 2.24) is 15.3 Å². The Morgan fingerprint density at radius 1 is 1.30 bits per heavy atom. The highest BCUT2D eigenvalue weighted by atomic mass is 28.3. The molecule has 0 aliphatic carbocycles. The van der Waals surface area contributed by atoms with Crippen LogP contribution in [0.15, 0.2) is 18.2 Å². The summed E-state index contributed by atoms with van der Waals surface area (Å²) < 4.78 is 27.0. The SMILES string of the molecule is C[Si]1(C)CCCC(NC(=O)c2cc3c(F)cc(F)cc3[nH]2)CN1. The standard InChI is InChI=1S/C16H21F2N3OSi/c1-23(2)5-3-4-11(9-19-23)20-16(22)15-8-12-13(18)6-10(17)7-14(12)21-15/h6-8,11,19,21H,3-5,9H2,1-2H3,(H,20,22). The largest absolute Gasteiger partial charge is 0.350 e. The third-order valence-corrected chi connectivity index (χ3v) is 7.18. The van der Waals surface area contributed by atoms with Gasteiger partial charge >= 0.3 is 0 Å². The number of halogens is 2. The Labute approximate surface area is 134 Å². The van der Waals surface area contributed by atoms with Crippen LogP contribution in [0.2, 0.25) is 19.1 Å². The first-order valence-electron chi connectivity index (χ1n) is 7.88. The predicted octanol–water partition coefficient (Wildman–Crippen LogP) is 3.13. The first kappa shape index (κ1) is 16.1. The molecule has 0 spiro atoms. The predicted molar refractivity (Wildman–Crippen MR) is 89.0 cm³/mol. The Balaban J connectivity index is 1.74. The van der Waals surface area contributed by atoms with Crippen LogP contribution in [0.3, 0.4) is 0 Å². The van der Waals surface area contributed by atoms with Crippen LogP contribution in [0.5, 0.6) is 0 Å². The lowest BCUT2D eigenvalue weighted by Crippen LogP contribution is -2.49. The van der Waals surface area contributed by atoms with Gasteiger partial charge in [-0.1, -0.05) is 19.5 Å². The monoisotopic (exact) mass is 337 g/mol. The van der Waals surface area contributed by atoms with Gasteiger partial charge in [-0.05, 0) is 24.6 Å². The number of amides is 1. The summed E-state index contributed by atoms with van der Waals surface area (Å²) in [5.74, 6) is -1.61. The van der Waals surface area contributed by atoms with Crippen molar-refractivity contribution in [2.45, 2.75) is 38.0 Å². The average Bonchev–Trinajstić information content (AvgIpc) is 2.81. The normalized spacial score (nSPS) is 21.1. The number of nitrogens with one attached hydrogen (secondary N) is 3. The zero-order chi connectivity index (χ0) is 16.6. The van der Waals surface area contributed by atoms with Crippen molar-refractivity contribution in [2.24, 2.45) is 0 Å². The molecule has 0 radical (unpaired) electrons. The fourth-order valence-electron chi connectivity index (χ4n) is 3.05. The van der Waals surface area contributed by atoms with Crippen molar-refractivity contribution < 1.29 is 13.6 Å². The molecule has 1 aromatic carbocycles. The number of rotatable bonds is 2. The number of aromatic amines is 1. The second-order valence-electron chi connectivity index (χ2n) is 6.86. The Kier molecular flexibility index (Phi) is 4.24. The smallest absolute Gasteiger partial charge is 0.267 e. The van der Waals surface area contributed by atoms with Crippen LogP contribution in [0.25, 0.3) is 10.9 Å². The second-order valence-corrected chi connectivity index (χ2v) is 11.5. The molecule has 1 saturated heterocycles. The molecule has 23 heavy (non-hydrogen) atoms. The highest BCUT2D eigenvalue weighted by Crippen LogP contribution is 2.21. The Morgan fingerprint density at radius 3 is 2.87 bits per heavy atom. The van der Waals surface area contributed by atoms with E-state index in [4.69, 9.17) is 0 Å².